The summed E-state index contributed by atoms with van der Waals surface area (Å²) in [6, 6.07) is 6.22. The fourth-order valence-electron chi connectivity index (χ4n) is 2.81. The largest absolute Gasteiger partial charge is 0.423 e. The molecule has 0 unspecified atom stereocenters. The maximum absolute atomic E-state index is 13.1. The van der Waals surface area contributed by atoms with Crippen molar-refractivity contribution >= 4 is 5.91 Å². The van der Waals surface area contributed by atoms with Gasteiger partial charge in [-0.1, -0.05) is 19.1 Å². The van der Waals surface area contributed by atoms with Crippen molar-refractivity contribution in [2.75, 3.05) is 6.54 Å². The van der Waals surface area contributed by atoms with Gasteiger partial charge in [-0.25, -0.2) is 4.39 Å². The van der Waals surface area contributed by atoms with Gasteiger partial charge in [-0.15, -0.1) is 10.2 Å². The van der Waals surface area contributed by atoms with E-state index in [-0.39, 0.29) is 11.7 Å². The smallest absolute Gasteiger partial charge is 0.235 e. The monoisotopic (exact) mass is 317 g/mol. The van der Waals surface area contributed by atoms with Crippen molar-refractivity contribution in [3.05, 3.63) is 47.4 Å². The van der Waals surface area contributed by atoms with Crippen molar-refractivity contribution in [1.29, 1.82) is 0 Å². The minimum absolute atomic E-state index is 0.0443. The molecule has 1 aliphatic carbocycles. The summed E-state index contributed by atoms with van der Waals surface area (Å²) < 4.78 is 18.6. The van der Waals surface area contributed by atoms with E-state index in [1.807, 2.05) is 13.8 Å². The lowest BCUT2D eigenvalue weighted by Gasteiger charge is -2.25. The van der Waals surface area contributed by atoms with Crippen LogP contribution in [0, 0.1) is 5.82 Å². The van der Waals surface area contributed by atoms with E-state index in [2.05, 4.69) is 10.2 Å². The lowest BCUT2D eigenvalue weighted by molar-refractivity contribution is -0.134. The molecule has 0 radical (unpaired) electrons. The summed E-state index contributed by atoms with van der Waals surface area (Å²) in [7, 11) is 0. The first-order chi connectivity index (χ1) is 11.1. The van der Waals surface area contributed by atoms with E-state index < -0.39 is 5.41 Å². The number of hydrogen-bond acceptors (Lipinski definition) is 4. The molecular formula is C17H20FN3O2. The molecule has 1 heterocycles. The quantitative estimate of drug-likeness (QED) is 0.822. The van der Waals surface area contributed by atoms with Gasteiger partial charge in [0.2, 0.25) is 17.7 Å². The zero-order valence-corrected chi connectivity index (χ0v) is 13.4. The Hall–Kier alpha value is -2.24. The van der Waals surface area contributed by atoms with Gasteiger partial charge in [0.25, 0.3) is 0 Å². The zero-order chi connectivity index (χ0) is 16.4. The van der Waals surface area contributed by atoms with Crippen molar-refractivity contribution in [3.63, 3.8) is 0 Å². The van der Waals surface area contributed by atoms with Gasteiger partial charge >= 0.3 is 0 Å². The van der Waals surface area contributed by atoms with E-state index in [1.165, 1.54) is 12.1 Å². The SMILES string of the molecule is CCc1nnc(CN(CC)C(=O)C2(c3ccc(F)cc3)CC2)o1. The van der Waals surface area contributed by atoms with Crippen LogP contribution in [0.25, 0.3) is 0 Å². The molecule has 1 fully saturated rings. The minimum atomic E-state index is -0.517. The highest BCUT2D eigenvalue weighted by Gasteiger charge is 2.52. The van der Waals surface area contributed by atoms with Crippen LogP contribution >= 0.6 is 0 Å². The maximum atomic E-state index is 13.1. The molecule has 1 aliphatic rings. The molecule has 1 amide bonds. The van der Waals surface area contributed by atoms with E-state index in [1.54, 1.807) is 17.0 Å². The summed E-state index contributed by atoms with van der Waals surface area (Å²) in [6.07, 6.45) is 2.25. The molecular weight excluding hydrogens is 297 g/mol. The molecule has 0 N–H and O–H groups in total. The number of aryl methyl sites for hydroxylation is 1. The third-order valence-electron chi connectivity index (χ3n) is 4.36. The predicted octanol–water partition coefficient (Wildman–Crippen LogP) is 2.85. The number of carbonyl (C=O) groups excluding carboxylic acids is 1. The highest BCUT2D eigenvalue weighted by atomic mass is 19.1. The Kier molecular flexibility index (Phi) is 4.15. The second-order valence-electron chi connectivity index (χ2n) is 5.85. The number of halogens is 1. The van der Waals surface area contributed by atoms with Crippen LogP contribution < -0.4 is 0 Å². The van der Waals surface area contributed by atoms with Crippen LogP contribution in [0.1, 0.15) is 44.0 Å². The van der Waals surface area contributed by atoms with Crippen LogP contribution in [0.2, 0.25) is 0 Å². The summed E-state index contributed by atoms with van der Waals surface area (Å²) in [4.78, 5) is 14.7. The number of likely N-dealkylation sites (N-methyl/N-ethyl adjacent to an activating group) is 1. The minimum Gasteiger partial charge on any atom is -0.423 e. The van der Waals surface area contributed by atoms with E-state index in [0.717, 1.165) is 18.4 Å². The summed E-state index contributed by atoms with van der Waals surface area (Å²) in [5, 5.41) is 7.91. The molecule has 1 saturated carbocycles. The van der Waals surface area contributed by atoms with Crippen molar-refractivity contribution in [3.8, 4) is 0 Å². The van der Waals surface area contributed by atoms with Crippen molar-refractivity contribution in [2.24, 2.45) is 0 Å². The fourth-order valence-corrected chi connectivity index (χ4v) is 2.81. The van der Waals surface area contributed by atoms with Gasteiger partial charge < -0.3 is 9.32 Å². The highest BCUT2D eigenvalue weighted by molar-refractivity contribution is 5.91. The van der Waals surface area contributed by atoms with Gasteiger partial charge in [0.05, 0.1) is 12.0 Å². The molecule has 122 valence electrons. The Morgan fingerprint density at radius 2 is 1.87 bits per heavy atom. The number of carbonyl (C=O) groups is 1. The Labute approximate surface area is 134 Å². The normalized spacial score (nSPS) is 15.4. The molecule has 0 atom stereocenters. The molecule has 0 saturated heterocycles. The summed E-state index contributed by atoms with van der Waals surface area (Å²) in [6.45, 7) is 4.74. The summed E-state index contributed by atoms with van der Waals surface area (Å²) in [5.74, 6) is 0.778. The van der Waals surface area contributed by atoms with Gasteiger partial charge in [0, 0.05) is 13.0 Å². The molecule has 0 spiro atoms. The number of nitrogens with zero attached hydrogens (tertiary/aromatic N) is 3. The fraction of sp³-hybridized carbons (Fsp3) is 0.471. The average molecular weight is 317 g/mol. The van der Waals surface area contributed by atoms with Gasteiger partial charge in [0.15, 0.2) is 0 Å². The lowest BCUT2D eigenvalue weighted by atomic mass is 9.94. The van der Waals surface area contributed by atoms with E-state index in [9.17, 15) is 9.18 Å². The second kappa shape index (κ2) is 6.10. The van der Waals surface area contributed by atoms with Crippen LogP contribution in [0.15, 0.2) is 28.7 Å². The Bertz CT molecular complexity index is 692. The van der Waals surface area contributed by atoms with Crippen molar-refractivity contribution < 1.29 is 13.6 Å². The number of rotatable bonds is 6. The van der Waals surface area contributed by atoms with Gasteiger partial charge in [0.1, 0.15) is 5.82 Å². The number of aromatic nitrogens is 2. The molecule has 6 heteroatoms. The van der Waals surface area contributed by atoms with Gasteiger partial charge in [-0.05, 0) is 37.5 Å². The molecule has 23 heavy (non-hydrogen) atoms. The number of hydrogen-bond donors (Lipinski definition) is 0. The number of benzene rings is 1. The summed E-state index contributed by atoms with van der Waals surface area (Å²) in [5.41, 5.74) is 0.360. The Morgan fingerprint density at radius 3 is 2.39 bits per heavy atom. The van der Waals surface area contributed by atoms with Crippen LogP contribution in [-0.4, -0.2) is 27.5 Å². The maximum Gasteiger partial charge on any atom is 0.235 e. The van der Waals surface area contributed by atoms with Crippen LogP contribution in [0.3, 0.4) is 0 Å². The third-order valence-corrected chi connectivity index (χ3v) is 4.36. The highest BCUT2D eigenvalue weighted by Crippen LogP contribution is 2.49. The molecule has 0 aliphatic heterocycles. The number of amides is 1. The Morgan fingerprint density at radius 1 is 1.22 bits per heavy atom. The van der Waals surface area contributed by atoms with Crippen LogP contribution in [0.5, 0.6) is 0 Å². The topological polar surface area (TPSA) is 59.2 Å². The first-order valence-electron chi connectivity index (χ1n) is 7.95. The van der Waals surface area contributed by atoms with E-state index in [0.29, 0.717) is 31.3 Å². The molecule has 5 nitrogen and oxygen atoms in total. The zero-order valence-electron chi connectivity index (χ0n) is 13.4. The second-order valence-corrected chi connectivity index (χ2v) is 5.85. The van der Waals surface area contributed by atoms with Gasteiger partial charge in [-0.3, -0.25) is 4.79 Å². The standard InChI is InChI=1S/C17H20FN3O2/c1-3-14-19-20-15(23-14)11-21(4-2)16(22)17(9-10-17)12-5-7-13(18)8-6-12/h5-8H,3-4,9-11H2,1-2H3. The molecule has 3 rings (SSSR count). The van der Waals surface area contributed by atoms with Crippen molar-refractivity contribution in [2.45, 2.75) is 45.1 Å². The first kappa shape index (κ1) is 15.6. The van der Waals surface area contributed by atoms with E-state index in [4.69, 9.17) is 4.42 Å². The molecule has 0 bridgehead atoms. The summed E-state index contributed by atoms with van der Waals surface area (Å²) >= 11 is 0. The van der Waals surface area contributed by atoms with Gasteiger partial charge in [-0.2, -0.15) is 0 Å². The first-order valence-corrected chi connectivity index (χ1v) is 7.95. The average Bonchev–Trinajstić information content (AvgIpc) is 3.25. The predicted molar refractivity (Wildman–Crippen MR) is 82.1 cm³/mol. The molecule has 1 aromatic carbocycles. The molecule has 2 aromatic rings. The van der Waals surface area contributed by atoms with Crippen LogP contribution in [-0.2, 0) is 23.2 Å². The van der Waals surface area contributed by atoms with E-state index >= 15 is 0 Å². The lowest BCUT2D eigenvalue weighted by Crippen LogP contribution is -2.38. The van der Waals surface area contributed by atoms with Crippen LogP contribution in [0.4, 0.5) is 4.39 Å². The third kappa shape index (κ3) is 2.98. The van der Waals surface area contributed by atoms with Crippen molar-refractivity contribution in [1.82, 2.24) is 15.1 Å². The molecule has 1 aromatic heterocycles. The Balaban J connectivity index is 1.78.